The zero-order valence-corrected chi connectivity index (χ0v) is 11.2. The van der Waals surface area contributed by atoms with Gasteiger partial charge in [-0.15, -0.1) is 11.3 Å². The Bertz CT molecular complexity index is 482. The highest BCUT2D eigenvalue weighted by atomic mass is 79.9. The first-order chi connectivity index (χ1) is 6.96. The van der Waals surface area contributed by atoms with Gasteiger partial charge in [0.25, 0.3) is 0 Å². The van der Waals surface area contributed by atoms with Crippen molar-refractivity contribution >= 4 is 37.4 Å². The summed E-state index contributed by atoms with van der Waals surface area (Å²) in [6.07, 6.45) is 0.707. The van der Waals surface area contributed by atoms with Crippen molar-refractivity contribution < 1.29 is 5.11 Å². The van der Waals surface area contributed by atoms with Crippen LogP contribution in [-0.2, 0) is 6.42 Å². The second-order valence-corrected chi connectivity index (χ2v) is 6.35. The summed E-state index contributed by atoms with van der Waals surface area (Å²) in [4.78, 5) is 1.23. The summed E-state index contributed by atoms with van der Waals surface area (Å²) in [6.45, 7) is 3.68. The van der Waals surface area contributed by atoms with Gasteiger partial charge in [0.2, 0.25) is 0 Å². The largest absolute Gasteiger partial charge is 0.390 e. The first-order valence-corrected chi connectivity index (χ1v) is 6.46. The molecule has 0 atom stereocenters. The molecule has 0 radical (unpaired) electrons. The van der Waals surface area contributed by atoms with Crippen LogP contribution in [0.25, 0.3) is 10.1 Å². The lowest BCUT2D eigenvalue weighted by molar-refractivity contribution is 0.0819. The molecule has 15 heavy (non-hydrogen) atoms. The molecule has 0 bridgehead atoms. The van der Waals surface area contributed by atoms with Crippen molar-refractivity contribution in [1.29, 1.82) is 0 Å². The smallest absolute Gasteiger partial charge is 0.0639 e. The number of thiophene rings is 1. The lowest BCUT2D eigenvalue weighted by Gasteiger charge is -2.14. The van der Waals surface area contributed by atoms with Crippen molar-refractivity contribution in [3.05, 3.63) is 33.6 Å². The molecule has 1 aromatic heterocycles. The Hall–Kier alpha value is -0.380. The maximum atomic E-state index is 9.76. The third-order valence-corrected chi connectivity index (χ3v) is 4.26. The van der Waals surface area contributed by atoms with E-state index < -0.39 is 5.60 Å². The van der Waals surface area contributed by atoms with E-state index in [4.69, 9.17) is 0 Å². The fourth-order valence-corrected chi connectivity index (χ4v) is 3.50. The van der Waals surface area contributed by atoms with Crippen molar-refractivity contribution in [2.45, 2.75) is 25.9 Å². The Labute approximate surface area is 102 Å². The Kier molecular flexibility index (Phi) is 2.88. The minimum absolute atomic E-state index is 0.632. The molecule has 1 heterocycles. The molecule has 0 unspecified atom stereocenters. The summed E-state index contributed by atoms with van der Waals surface area (Å²) in [5.41, 5.74) is -0.632. The number of aliphatic hydroxyl groups is 1. The minimum Gasteiger partial charge on any atom is -0.390 e. The van der Waals surface area contributed by atoms with E-state index in [1.807, 2.05) is 26.0 Å². The molecule has 0 aliphatic rings. The van der Waals surface area contributed by atoms with Gasteiger partial charge >= 0.3 is 0 Å². The van der Waals surface area contributed by atoms with Gasteiger partial charge in [0.05, 0.1) is 5.60 Å². The molecule has 80 valence electrons. The summed E-state index contributed by atoms with van der Waals surface area (Å²) in [7, 11) is 0. The maximum absolute atomic E-state index is 9.76. The van der Waals surface area contributed by atoms with E-state index in [1.165, 1.54) is 15.0 Å². The van der Waals surface area contributed by atoms with Crippen molar-refractivity contribution in [3.8, 4) is 0 Å². The van der Waals surface area contributed by atoms with E-state index in [2.05, 4.69) is 28.1 Å². The Balaban J connectivity index is 2.44. The van der Waals surface area contributed by atoms with Crippen molar-refractivity contribution in [1.82, 2.24) is 0 Å². The predicted molar refractivity (Wildman–Crippen MR) is 69.5 cm³/mol. The van der Waals surface area contributed by atoms with Crippen LogP contribution in [0, 0.1) is 0 Å². The van der Waals surface area contributed by atoms with Crippen LogP contribution in [-0.4, -0.2) is 10.7 Å². The van der Waals surface area contributed by atoms with Crippen LogP contribution in [0.5, 0.6) is 0 Å². The summed E-state index contributed by atoms with van der Waals surface area (Å²) >= 11 is 5.28. The number of rotatable bonds is 2. The first-order valence-electron chi connectivity index (χ1n) is 4.85. The molecule has 0 saturated heterocycles. The van der Waals surface area contributed by atoms with Crippen molar-refractivity contribution in [2.24, 2.45) is 0 Å². The van der Waals surface area contributed by atoms with Gasteiger partial charge in [0.15, 0.2) is 0 Å². The SMILES string of the molecule is CC(C)(O)Cc1cc2cccc(Br)c2s1. The monoisotopic (exact) mass is 284 g/mol. The summed E-state index contributed by atoms with van der Waals surface area (Å²) in [6, 6.07) is 8.34. The second kappa shape index (κ2) is 3.89. The molecule has 0 aliphatic heterocycles. The third kappa shape index (κ3) is 2.60. The average molecular weight is 285 g/mol. The van der Waals surface area contributed by atoms with Crippen LogP contribution in [0.4, 0.5) is 0 Å². The lowest BCUT2D eigenvalue weighted by Crippen LogP contribution is -2.20. The molecule has 0 amide bonds. The zero-order valence-electron chi connectivity index (χ0n) is 8.75. The van der Waals surface area contributed by atoms with Gasteiger partial charge in [0.1, 0.15) is 0 Å². The molecule has 1 aromatic carbocycles. The van der Waals surface area contributed by atoms with Crippen molar-refractivity contribution in [2.75, 3.05) is 0 Å². The molecule has 0 aliphatic carbocycles. The fraction of sp³-hybridized carbons (Fsp3) is 0.333. The highest BCUT2D eigenvalue weighted by Crippen LogP contribution is 2.33. The van der Waals surface area contributed by atoms with E-state index in [9.17, 15) is 5.11 Å². The molecule has 0 spiro atoms. The van der Waals surface area contributed by atoms with E-state index in [0.29, 0.717) is 6.42 Å². The molecule has 2 aromatic rings. The number of hydrogen-bond donors (Lipinski definition) is 1. The van der Waals surface area contributed by atoms with E-state index in [0.717, 1.165) is 4.47 Å². The van der Waals surface area contributed by atoms with Gasteiger partial charge in [0, 0.05) is 20.5 Å². The standard InChI is InChI=1S/C12H13BrOS/c1-12(2,14)7-9-6-8-4-3-5-10(13)11(8)15-9/h3-6,14H,7H2,1-2H3. The van der Waals surface area contributed by atoms with Crippen LogP contribution >= 0.6 is 27.3 Å². The molecular weight excluding hydrogens is 272 g/mol. The summed E-state index contributed by atoms with van der Waals surface area (Å²) in [5.74, 6) is 0. The Morgan fingerprint density at radius 2 is 2.13 bits per heavy atom. The van der Waals surface area contributed by atoms with Crippen LogP contribution in [0.2, 0.25) is 0 Å². The van der Waals surface area contributed by atoms with Gasteiger partial charge in [-0.25, -0.2) is 0 Å². The highest BCUT2D eigenvalue weighted by Gasteiger charge is 2.15. The Morgan fingerprint density at radius 1 is 1.40 bits per heavy atom. The molecular formula is C12H13BrOS. The number of hydrogen-bond acceptors (Lipinski definition) is 2. The van der Waals surface area contributed by atoms with Crippen LogP contribution < -0.4 is 0 Å². The average Bonchev–Trinajstić information content (AvgIpc) is 2.45. The molecule has 1 N–H and O–H groups in total. The zero-order chi connectivity index (χ0) is 11.1. The normalized spacial score (nSPS) is 12.3. The van der Waals surface area contributed by atoms with Crippen molar-refractivity contribution in [3.63, 3.8) is 0 Å². The van der Waals surface area contributed by atoms with Crippen LogP contribution in [0.3, 0.4) is 0 Å². The quantitative estimate of drug-likeness (QED) is 0.885. The van der Waals surface area contributed by atoms with Crippen LogP contribution in [0.15, 0.2) is 28.7 Å². The van der Waals surface area contributed by atoms with Gasteiger partial charge in [-0.3, -0.25) is 0 Å². The molecule has 2 rings (SSSR count). The highest BCUT2D eigenvalue weighted by molar-refractivity contribution is 9.10. The third-order valence-electron chi connectivity index (χ3n) is 2.15. The summed E-state index contributed by atoms with van der Waals surface area (Å²) < 4.78 is 2.39. The molecule has 0 fully saturated rings. The lowest BCUT2D eigenvalue weighted by atomic mass is 10.0. The number of halogens is 1. The van der Waals surface area contributed by atoms with E-state index in [1.54, 1.807) is 11.3 Å². The molecule has 1 nitrogen and oxygen atoms in total. The van der Waals surface area contributed by atoms with E-state index in [-0.39, 0.29) is 0 Å². The maximum Gasteiger partial charge on any atom is 0.0639 e. The van der Waals surface area contributed by atoms with Gasteiger partial charge in [-0.2, -0.15) is 0 Å². The number of benzene rings is 1. The number of fused-ring (bicyclic) bond motifs is 1. The predicted octanol–water partition coefficient (Wildman–Crippen LogP) is 3.98. The minimum atomic E-state index is -0.632. The fourth-order valence-electron chi connectivity index (χ4n) is 1.59. The summed E-state index contributed by atoms with van der Waals surface area (Å²) in [5, 5.41) is 11.0. The topological polar surface area (TPSA) is 20.2 Å². The second-order valence-electron chi connectivity index (χ2n) is 4.36. The molecule has 0 saturated carbocycles. The Morgan fingerprint density at radius 3 is 2.73 bits per heavy atom. The van der Waals surface area contributed by atoms with Gasteiger partial charge in [-0.1, -0.05) is 12.1 Å². The first kappa shape index (κ1) is 11.1. The van der Waals surface area contributed by atoms with Gasteiger partial charge < -0.3 is 5.11 Å². The molecule has 3 heteroatoms. The van der Waals surface area contributed by atoms with Crippen LogP contribution in [0.1, 0.15) is 18.7 Å². The van der Waals surface area contributed by atoms with Gasteiger partial charge in [-0.05, 0) is 47.3 Å². The van der Waals surface area contributed by atoms with E-state index >= 15 is 0 Å².